The topological polar surface area (TPSA) is 86.6 Å². The van der Waals surface area contributed by atoms with Crippen LogP contribution in [-0.4, -0.2) is 46.1 Å². The van der Waals surface area contributed by atoms with Gasteiger partial charge in [0.1, 0.15) is 0 Å². The summed E-state index contributed by atoms with van der Waals surface area (Å²) in [7, 11) is 0. The van der Waals surface area contributed by atoms with Crippen LogP contribution in [0.5, 0.6) is 0 Å². The highest BCUT2D eigenvalue weighted by atomic mass is 32.2. The number of ketones is 1. The predicted molar refractivity (Wildman–Crippen MR) is 76.3 cm³/mol. The summed E-state index contributed by atoms with van der Waals surface area (Å²) in [5, 5.41) is 22.1. The van der Waals surface area contributed by atoms with Crippen LogP contribution < -0.4 is 5.32 Å². The average molecular weight is 295 g/mol. The summed E-state index contributed by atoms with van der Waals surface area (Å²) in [5.41, 5.74) is -1.60. The number of benzene rings is 1. The minimum atomic E-state index is -1.94. The van der Waals surface area contributed by atoms with E-state index in [0.29, 0.717) is 12.1 Å². The Morgan fingerprint density at radius 2 is 2.10 bits per heavy atom. The van der Waals surface area contributed by atoms with E-state index in [9.17, 15) is 19.8 Å². The van der Waals surface area contributed by atoms with Crippen LogP contribution in [0.2, 0.25) is 0 Å². The molecule has 1 aromatic carbocycles. The van der Waals surface area contributed by atoms with E-state index in [1.54, 1.807) is 30.3 Å². The molecule has 0 saturated carbocycles. The van der Waals surface area contributed by atoms with Crippen molar-refractivity contribution in [1.29, 1.82) is 0 Å². The van der Waals surface area contributed by atoms with E-state index in [0.717, 1.165) is 5.75 Å². The number of amides is 1. The molecule has 0 spiro atoms. The van der Waals surface area contributed by atoms with Gasteiger partial charge in [-0.15, -0.1) is 11.8 Å². The quantitative estimate of drug-likeness (QED) is 0.715. The fraction of sp³-hybridized carbons (Fsp3) is 0.429. The Hall–Kier alpha value is -1.37. The first-order valence-corrected chi connectivity index (χ1v) is 7.44. The average Bonchev–Trinajstić information content (AvgIpc) is 2.49. The van der Waals surface area contributed by atoms with Crippen LogP contribution in [-0.2, 0) is 15.2 Å². The van der Waals surface area contributed by atoms with Gasteiger partial charge in [-0.1, -0.05) is 30.3 Å². The van der Waals surface area contributed by atoms with Crippen molar-refractivity contribution in [2.45, 2.75) is 17.3 Å². The standard InChI is InChI=1S/C14H17NO4S/c16-9-14(19,10-4-2-1-3-5-10)12(17)8-11-13(18)15-6-7-20-11/h1-5,11,16,19H,6-9H2,(H,15,18). The Labute approximate surface area is 121 Å². The second-order valence-corrected chi connectivity index (χ2v) is 5.97. The highest BCUT2D eigenvalue weighted by Gasteiger charge is 2.39. The van der Waals surface area contributed by atoms with Gasteiger partial charge in [0.2, 0.25) is 5.91 Å². The molecule has 1 saturated heterocycles. The third kappa shape index (κ3) is 3.03. The molecule has 1 heterocycles. The zero-order chi connectivity index (χ0) is 14.6. The van der Waals surface area contributed by atoms with Crippen molar-refractivity contribution in [2.75, 3.05) is 18.9 Å². The fourth-order valence-electron chi connectivity index (χ4n) is 2.11. The van der Waals surface area contributed by atoms with E-state index in [1.807, 2.05) is 0 Å². The number of aliphatic hydroxyl groups excluding tert-OH is 1. The molecule has 1 aromatic rings. The summed E-state index contributed by atoms with van der Waals surface area (Å²) >= 11 is 1.40. The minimum absolute atomic E-state index is 0.0948. The van der Waals surface area contributed by atoms with Gasteiger partial charge in [0.25, 0.3) is 0 Å². The number of aliphatic hydroxyl groups is 2. The van der Waals surface area contributed by atoms with Crippen LogP contribution in [0.1, 0.15) is 12.0 Å². The highest BCUT2D eigenvalue weighted by molar-refractivity contribution is 8.00. The molecular formula is C14H17NO4S. The Bertz CT molecular complexity index is 493. The van der Waals surface area contributed by atoms with Crippen molar-refractivity contribution >= 4 is 23.5 Å². The number of carbonyl (C=O) groups excluding carboxylic acids is 2. The minimum Gasteiger partial charge on any atom is -0.393 e. The van der Waals surface area contributed by atoms with Gasteiger partial charge in [-0.3, -0.25) is 9.59 Å². The molecule has 1 aliphatic heterocycles. The number of Topliss-reactive ketones (excluding diaryl/α,β-unsaturated/α-hetero) is 1. The normalized spacial score (nSPS) is 21.9. The van der Waals surface area contributed by atoms with E-state index in [-0.39, 0.29) is 12.3 Å². The summed E-state index contributed by atoms with van der Waals surface area (Å²) in [6.45, 7) is -0.105. The number of hydrogen-bond acceptors (Lipinski definition) is 5. The van der Waals surface area contributed by atoms with Gasteiger partial charge in [-0.05, 0) is 5.56 Å². The second-order valence-electron chi connectivity index (χ2n) is 4.66. The maximum atomic E-state index is 12.3. The third-order valence-electron chi connectivity index (χ3n) is 3.33. The second kappa shape index (κ2) is 6.39. The van der Waals surface area contributed by atoms with Crippen molar-refractivity contribution in [2.24, 2.45) is 0 Å². The summed E-state index contributed by atoms with van der Waals surface area (Å²) in [5.74, 6) is 0.00995. The van der Waals surface area contributed by atoms with Crippen molar-refractivity contribution in [3.63, 3.8) is 0 Å². The molecule has 6 heteroatoms. The Morgan fingerprint density at radius 1 is 1.40 bits per heavy atom. The van der Waals surface area contributed by atoms with Gasteiger partial charge in [-0.25, -0.2) is 0 Å². The molecule has 3 N–H and O–H groups in total. The Balaban J connectivity index is 2.15. The first kappa shape index (κ1) is 15.0. The molecule has 108 valence electrons. The smallest absolute Gasteiger partial charge is 0.233 e. The predicted octanol–water partition coefficient (Wildman–Crippen LogP) is 0.0573. The Kier molecular flexibility index (Phi) is 4.80. The van der Waals surface area contributed by atoms with Crippen molar-refractivity contribution in [3.8, 4) is 0 Å². The summed E-state index contributed by atoms with van der Waals surface area (Å²) in [4.78, 5) is 24.0. The first-order valence-electron chi connectivity index (χ1n) is 6.39. The van der Waals surface area contributed by atoms with Crippen molar-refractivity contribution in [3.05, 3.63) is 35.9 Å². The van der Waals surface area contributed by atoms with Gasteiger partial charge in [-0.2, -0.15) is 0 Å². The SMILES string of the molecule is O=C1NCCSC1CC(=O)C(O)(CO)c1ccccc1. The van der Waals surface area contributed by atoms with E-state index in [4.69, 9.17) is 0 Å². The summed E-state index contributed by atoms with van der Waals surface area (Å²) < 4.78 is 0. The number of thioether (sulfide) groups is 1. The number of hydrogen-bond donors (Lipinski definition) is 3. The number of nitrogens with one attached hydrogen (secondary N) is 1. The molecule has 0 bridgehead atoms. The lowest BCUT2D eigenvalue weighted by Gasteiger charge is -2.28. The molecule has 1 fully saturated rings. The van der Waals surface area contributed by atoms with Crippen LogP contribution in [0.25, 0.3) is 0 Å². The van der Waals surface area contributed by atoms with Gasteiger partial charge in [0, 0.05) is 18.7 Å². The van der Waals surface area contributed by atoms with Crippen LogP contribution in [0.15, 0.2) is 30.3 Å². The molecule has 2 rings (SSSR count). The molecule has 1 aliphatic rings. The fourth-order valence-corrected chi connectivity index (χ4v) is 3.12. The maximum Gasteiger partial charge on any atom is 0.233 e. The van der Waals surface area contributed by atoms with Crippen molar-refractivity contribution < 1.29 is 19.8 Å². The zero-order valence-corrected chi connectivity index (χ0v) is 11.7. The van der Waals surface area contributed by atoms with Gasteiger partial charge in [0.15, 0.2) is 11.4 Å². The molecule has 20 heavy (non-hydrogen) atoms. The number of carbonyl (C=O) groups is 2. The highest BCUT2D eigenvalue weighted by Crippen LogP contribution is 2.27. The lowest BCUT2D eigenvalue weighted by molar-refractivity contribution is -0.144. The number of rotatable bonds is 5. The molecule has 1 amide bonds. The van der Waals surface area contributed by atoms with E-state index in [2.05, 4.69) is 5.32 Å². The largest absolute Gasteiger partial charge is 0.393 e. The van der Waals surface area contributed by atoms with E-state index in [1.165, 1.54) is 11.8 Å². The van der Waals surface area contributed by atoms with Gasteiger partial charge < -0.3 is 15.5 Å². The third-order valence-corrected chi connectivity index (χ3v) is 4.55. The van der Waals surface area contributed by atoms with Crippen LogP contribution in [0.4, 0.5) is 0 Å². The van der Waals surface area contributed by atoms with Crippen LogP contribution in [0.3, 0.4) is 0 Å². The zero-order valence-electron chi connectivity index (χ0n) is 10.9. The molecule has 5 nitrogen and oxygen atoms in total. The monoisotopic (exact) mass is 295 g/mol. The lowest BCUT2D eigenvalue weighted by Crippen LogP contribution is -2.45. The van der Waals surface area contributed by atoms with Crippen molar-refractivity contribution in [1.82, 2.24) is 5.32 Å². The van der Waals surface area contributed by atoms with E-state index >= 15 is 0 Å². The summed E-state index contributed by atoms with van der Waals surface area (Å²) in [6.07, 6.45) is -0.0948. The van der Waals surface area contributed by atoms with Crippen LogP contribution in [0, 0.1) is 0 Å². The molecule has 0 aromatic heterocycles. The van der Waals surface area contributed by atoms with Crippen LogP contribution >= 0.6 is 11.8 Å². The molecule has 2 unspecified atom stereocenters. The summed E-state index contributed by atoms with van der Waals surface area (Å²) in [6, 6.07) is 8.30. The molecule has 0 radical (unpaired) electrons. The molecule has 2 atom stereocenters. The maximum absolute atomic E-state index is 12.3. The first-order chi connectivity index (χ1) is 9.58. The van der Waals surface area contributed by atoms with Gasteiger partial charge in [0.05, 0.1) is 11.9 Å². The Morgan fingerprint density at radius 3 is 2.70 bits per heavy atom. The molecular weight excluding hydrogens is 278 g/mol. The lowest BCUT2D eigenvalue weighted by atomic mass is 9.88. The van der Waals surface area contributed by atoms with Gasteiger partial charge >= 0.3 is 0 Å². The molecule has 0 aliphatic carbocycles. The van der Waals surface area contributed by atoms with E-state index < -0.39 is 23.2 Å².